The van der Waals surface area contributed by atoms with Gasteiger partial charge >= 0.3 is 0 Å². The first kappa shape index (κ1) is 13.8. The Hall–Kier alpha value is -0.290. The molecule has 0 unspecified atom stereocenters. The minimum Gasteiger partial charge on any atom is -0.382 e. The maximum atomic E-state index is 11.6. The van der Waals surface area contributed by atoms with Crippen LogP contribution in [-0.4, -0.2) is 25.7 Å². The summed E-state index contributed by atoms with van der Waals surface area (Å²) >= 11 is 12.8. The van der Waals surface area contributed by atoms with Gasteiger partial charge in [0.15, 0.2) is 0 Å². The van der Waals surface area contributed by atoms with E-state index in [1.807, 2.05) is 6.92 Å². The molecule has 1 amide bonds. The maximum absolute atomic E-state index is 11.6. The second-order valence-corrected chi connectivity index (χ2v) is 5.33. The molecule has 16 heavy (non-hydrogen) atoms. The zero-order chi connectivity index (χ0) is 12.0. The molecule has 1 rings (SSSR count). The van der Waals surface area contributed by atoms with E-state index in [-0.39, 0.29) is 5.91 Å². The highest BCUT2D eigenvalue weighted by Crippen LogP contribution is 2.30. The van der Waals surface area contributed by atoms with Gasteiger partial charge in [-0.15, -0.1) is 11.3 Å². The molecule has 1 N–H and O–H groups in total. The Kier molecular flexibility index (Phi) is 6.13. The number of rotatable bonds is 6. The van der Waals surface area contributed by atoms with Crippen molar-refractivity contribution < 1.29 is 9.53 Å². The topological polar surface area (TPSA) is 38.3 Å². The molecule has 0 aliphatic heterocycles. The highest BCUT2D eigenvalue weighted by Gasteiger charge is 2.13. The maximum Gasteiger partial charge on any atom is 0.253 e. The van der Waals surface area contributed by atoms with Gasteiger partial charge in [0.05, 0.1) is 9.90 Å². The number of halogens is 2. The van der Waals surface area contributed by atoms with Gasteiger partial charge in [-0.3, -0.25) is 4.79 Å². The van der Waals surface area contributed by atoms with E-state index in [2.05, 4.69) is 5.32 Å². The Balaban J connectivity index is 2.33. The lowest BCUT2D eigenvalue weighted by Gasteiger charge is -2.04. The van der Waals surface area contributed by atoms with Crippen LogP contribution in [-0.2, 0) is 4.74 Å². The fraction of sp³-hybridized carbons (Fsp3) is 0.500. The van der Waals surface area contributed by atoms with Crippen LogP contribution < -0.4 is 5.32 Å². The van der Waals surface area contributed by atoms with Crippen LogP contribution >= 0.6 is 34.5 Å². The minimum absolute atomic E-state index is 0.190. The SMILES string of the molecule is CCOCCCNC(=O)c1cc(Cl)sc1Cl. The Morgan fingerprint density at radius 2 is 2.31 bits per heavy atom. The van der Waals surface area contributed by atoms with Crippen LogP contribution in [0.3, 0.4) is 0 Å². The molecule has 0 aliphatic rings. The number of amides is 1. The molecule has 3 nitrogen and oxygen atoms in total. The lowest BCUT2D eigenvalue weighted by molar-refractivity contribution is 0.0945. The molecular formula is C10H13Cl2NO2S. The van der Waals surface area contributed by atoms with Crippen LogP contribution in [0.2, 0.25) is 8.67 Å². The quantitative estimate of drug-likeness (QED) is 0.814. The smallest absolute Gasteiger partial charge is 0.253 e. The number of ether oxygens (including phenoxy) is 1. The van der Waals surface area contributed by atoms with Gasteiger partial charge in [0, 0.05) is 19.8 Å². The summed E-state index contributed by atoms with van der Waals surface area (Å²) in [7, 11) is 0. The normalized spacial score (nSPS) is 10.4. The van der Waals surface area contributed by atoms with Crippen molar-refractivity contribution in [3.63, 3.8) is 0 Å². The summed E-state index contributed by atoms with van der Waals surface area (Å²) in [6.07, 6.45) is 0.787. The minimum atomic E-state index is -0.190. The lowest BCUT2D eigenvalue weighted by Crippen LogP contribution is -2.25. The lowest BCUT2D eigenvalue weighted by atomic mass is 10.3. The summed E-state index contributed by atoms with van der Waals surface area (Å²) in [5.74, 6) is -0.190. The third-order valence-corrected chi connectivity index (χ3v) is 3.34. The van der Waals surface area contributed by atoms with E-state index in [1.54, 1.807) is 6.07 Å². The zero-order valence-electron chi connectivity index (χ0n) is 8.89. The van der Waals surface area contributed by atoms with Crippen molar-refractivity contribution in [2.45, 2.75) is 13.3 Å². The van der Waals surface area contributed by atoms with Gasteiger partial charge in [0.2, 0.25) is 0 Å². The van der Waals surface area contributed by atoms with E-state index in [0.29, 0.717) is 34.0 Å². The number of thiophene rings is 1. The van der Waals surface area contributed by atoms with E-state index >= 15 is 0 Å². The molecule has 0 saturated heterocycles. The Bertz CT molecular complexity index is 355. The summed E-state index contributed by atoms with van der Waals surface area (Å²) < 4.78 is 6.09. The number of hydrogen-bond acceptors (Lipinski definition) is 3. The van der Waals surface area contributed by atoms with Crippen molar-refractivity contribution in [2.24, 2.45) is 0 Å². The number of carbonyl (C=O) groups is 1. The number of nitrogens with one attached hydrogen (secondary N) is 1. The molecule has 90 valence electrons. The molecular weight excluding hydrogens is 269 g/mol. The van der Waals surface area contributed by atoms with Gasteiger partial charge in [-0.25, -0.2) is 0 Å². The average molecular weight is 282 g/mol. The molecule has 0 fully saturated rings. The van der Waals surface area contributed by atoms with E-state index in [9.17, 15) is 4.79 Å². The summed E-state index contributed by atoms with van der Waals surface area (Å²) in [6.45, 7) is 3.85. The molecule has 0 bridgehead atoms. The van der Waals surface area contributed by atoms with Crippen LogP contribution in [0.15, 0.2) is 6.07 Å². The Morgan fingerprint density at radius 1 is 1.56 bits per heavy atom. The molecule has 0 spiro atoms. The monoisotopic (exact) mass is 281 g/mol. The zero-order valence-corrected chi connectivity index (χ0v) is 11.2. The molecule has 1 aromatic heterocycles. The Morgan fingerprint density at radius 3 is 2.88 bits per heavy atom. The predicted octanol–water partition coefficient (Wildman–Crippen LogP) is 3.21. The van der Waals surface area contributed by atoms with E-state index < -0.39 is 0 Å². The molecule has 1 aromatic rings. The van der Waals surface area contributed by atoms with Gasteiger partial charge in [-0.1, -0.05) is 23.2 Å². The molecule has 0 aliphatic carbocycles. The van der Waals surface area contributed by atoms with Crippen LogP contribution in [0.1, 0.15) is 23.7 Å². The summed E-state index contributed by atoms with van der Waals surface area (Å²) in [5, 5.41) is 2.76. The van der Waals surface area contributed by atoms with Crippen molar-refractivity contribution in [2.75, 3.05) is 19.8 Å². The first-order valence-corrected chi connectivity index (χ1v) is 6.53. The number of carbonyl (C=O) groups excluding carboxylic acids is 1. The summed E-state index contributed by atoms with van der Waals surface area (Å²) in [4.78, 5) is 11.6. The highest BCUT2D eigenvalue weighted by atomic mass is 35.5. The summed E-state index contributed by atoms with van der Waals surface area (Å²) in [6, 6.07) is 1.58. The molecule has 0 radical (unpaired) electrons. The first-order valence-electron chi connectivity index (χ1n) is 4.96. The standard InChI is InChI=1S/C10H13Cl2NO2S/c1-2-15-5-3-4-13-10(14)7-6-8(11)16-9(7)12/h6H,2-5H2,1H3,(H,13,14). The summed E-state index contributed by atoms with van der Waals surface area (Å²) in [5.41, 5.74) is 0.438. The van der Waals surface area contributed by atoms with Crippen LogP contribution in [0.25, 0.3) is 0 Å². The highest BCUT2D eigenvalue weighted by molar-refractivity contribution is 7.20. The molecule has 0 atom stereocenters. The van der Waals surface area contributed by atoms with E-state index in [4.69, 9.17) is 27.9 Å². The average Bonchev–Trinajstić information content (AvgIpc) is 2.57. The van der Waals surface area contributed by atoms with Gasteiger partial charge in [-0.05, 0) is 19.4 Å². The van der Waals surface area contributed by atoms with Gasteiger partial charge in [0.25, 0.3) is 5.91 Å². The molecule has 6 heteroatoms. The van der Waals surface area contributed by atoms with Gasteiger partial charge in [0.1, 0.15) is 4.34 Å². The largest absolute Gasteiger partial charge is 0.382 e. The van der Waals surface area contributed by atoms with E-state index in [1.165, 1.54) is 11.3 Å². The first-order chi connectivity index (χ1) is 7.65. The second kappa shape index (κ2) is 7.12. The van der Waals surface area contributed by atoms with Crippen molar-refractivity contribution >= 4 is 40.4 Å². The molecule has 0 aromatic carbocycles. The van der Waals surface area contributed by atoms with Crippen LogP contribution in [0.4, 0.5) is 0 Å². The Labute approximate surface area is 109 Å². The fourth-order valence-electron chi connectivity index (χ4n) is 1.11. The van der Waals surface area contributed by atoms with Crippen LogP contribution in [0, 0.1) is 0 Å². The van der Waals surface area contributed by atoms with Gasteiger partial charge in [-0.2, -0.15) is 0 Å². The van der Waals surface area contributed by atoms with Crippen molar-refractivity contribution in [3.8, 4) is 0 Å². The second-order valence-electron chi connectivity index (χ2n) is 3.04. The van der Waals surface area contributed by atoms with Crippen LogP contribution in [0.5, 0.6) is 0 Å². The molecule has 0 saturated carbocycles. The van der Waals surface area contributed by atoms with Crippen molar-refractivity contribution in [3.05, 3.63) is 20.3 Å². The van der Waals surface area contributed by atoms with Crippen molar-refractivity contribution in [1.82, 2.24) is 5.32 Å². The van der Waals surface area contributed by atoms with Gasteiger partial charge < -0.3 is 10.1 Å². The van der Waals surface area contributed by atoms with E-state index in [0.717, 1.165) is 6.42 Å². The third kappa shape index (κ3) is 4.29. The number of hydrogen-bond donors (Lipinski definition) is 1. The third-order valence-electron chi connectivity index (χ3n) is 1.86. The molecule has 1 heterocycles. The van der Waals surface area contributed by atoms with Crippen molar-refractivity contribution in [1.29, 1.82) is 0 Å². The predicted molar refractivity (Wildman–Crippen MR) is 67.8 cm³/mol. The fourth-order valence-corrected chi connectivity index (χ4v) is 2.57.